The van der Waals surface area contributed by atoms with Crippen LogP contribution in [0.2, 0.25) is 0 Å². The van der Waals surface area contributed by atoms with E-state index in [1.807, 2.05) is 0 Å². The minimum Gasteiger partial charge on any atom is -0.0804 e. The van der Waals surface area contributed by atoms with Crippen LogP contribution in [0, 0.1) is 5.41 Å². The fraction of sp³-hybridized carbons (Fsp3) is 0.455. The molecule has 0 unspecified atom stereocenters. The third kappa shape index (κ3) is 2.31. The lowest BCUT2D eigenvalue weighted by atomic mass is 9.73. The maximum absolute atomic E-state index is 3.88. The Morgan fingerprint density at radius 3 is 2.48 bits per heavy atom. The molecule has 0 saturated heterocycles. The Bertz CT molecular complexity index is 772. The number of fused-ring (bicyclic) bond motifs is 3. The number of hydrogen-bond acceptors (Lipinski definition) is 0. The van der Waals surface area contributed by atoms with Crippen LogP contribution in [-0.4, -0.2) is 0 Å². The molecule has 0 amide bonds. The molecule has 4 rings (SSSR count). The average molecular weight is 369 g/mol. The Morgan fingerprint density at radius 1 is 1.04 bits per heavy atom. The van der Waals surface area contributed by atoms with Crippen LogP contribution < -0.4 is 0 Å². The van der Waals surface area contributed by atoms with Crippen molar-refractivity contribution in [3.63, 3.8) is 0 Å². The topological polar surface area (TPSA) is 0 Å². The molecule has 1 aromatic rings. The molecule has 0 atom stereocenters. The molecule has 3 aliphatic rings. The molecule has 0 bridgehead atoms. The molecule has 3 aliphatic carbocycles. The molecule has 0 heterocycles. The summed E-state index contributed by atoms with van der Waals surface area (Å²) in [6.07, 6.45) is 14.3. The summed E-state index contributed by atoms with van der Waals surface area (Å²) in [6, 6.07) is 2.43. The molecule has 23 heavy (non-hydrogen) atoms. The van der Waals surface area contributed by atoms with Crippen LogP contribution in [0.4, 0.5) is 0 Å². The van der Waals surface area contributed by atoms with Gasteiger partial charge in [-0.1, -0.05) is 59.2 Å². The highest BCUT2D eigenvalue weighted by Crippen LogP contribution is 2.52. The van der Waals surface area contributed by atoms with Crippen molar-refractivity contribution in [3.8, 4) is 0 Å². The summed E-state index contributed by atoms with van der Waals surface area (Å²) in [5, 5.41) is 0. The lowest BCUT2D eigenvalue weighted by molar-refractivity contribution is 0.590. The molecule has 0 saturated carbocycles. The van der Waals surface area contributed by atoms with Crippen LogP contribution in [0.3, 0.4) is 0 Å². The monoisotopic (exact) mass is 368 g/mol. The van der Waals surface area contributed by atoms with Crippen molar-refractivity contribution in [3.05, 3.63) is 62.2 Å². The van der Waals surface area contributed by atoms with Gasteiger partial charge in [-0.15, -0.1) is 0 Å². The summed E-state index contributed by atoms with van der Waals surface area (Å²) in [4.78, 5) is 0. The first-order valence-corrected chi connectivity index (χ1v) is 9.69. The SMILES string of the molecule is CC1=C(C(C)(C)C2=CC=CC2)c2cc(Br)c3c(c2C1)CCCC3. The normalized spacial score (nSPS) is 19.9. The molecule has 0 N–H and O–H groups in total. The highest BCUT2D eigenvalue weighted by Gasteiger charge is 2.36. The molecule has 0 aliphatic heterocycles. The Morgan fingerprint density at radius 2 is 1.78 bits per heavy atom. The molecule has 0 radical (unpaired) electrons. The first-order valence-electron chi connectivity index (χ1n) is 8.90. The highest BCUT2D eigenvalue weighted by atomic mass is 79.9. The van der Waals surface area contributed by atoms with Gasteiger partial charge in [0.2, 0.25) is 0 Å². The molecular formula is C22H25Br. The van der Waals surface area contributed by atoms with Crippen molar-refractivity contribution in [2.24, 2.45) is 5.41 Å². The molecular weight excluding hydrogens is 344 g/mol. The largest absolute Gasteiger partial charge is 0.0804 e. The summed E-state index contributed by atoms with van der Waals surface area (Å²) >= 11 is 3.88. The van der Waals surface area contributed by atoms with E-state index in [4.69, 9.17) is 0 Å². The number of hydrogen-bond donors (Lipinski definition) is 0. The first-order chi connectivity index (χ1) is 11.0. The van der Waals surface area contributed by atoms with Crippen LogP contribution in [0.5, 0.6) is 0 Å². The fourth-order valence-electron chi connectivity index (χ4n) is 4.92. The van der Waals surface area contributed by atoms with Gasteiger partial charge in [-0.25, -0.2) is 0 Å². The standard InChI is InChI=1S/C22H25Br/c1-14-12-18-16-10-6-7-11-17(16)20(23)13-19(18)21(14)22(2,3)15-8-4-5-9-15/h4-5,8,13H,6-7,9-12H2,1-3H3. The molecule has 0 fully saturated rings. The van der Waals surface area contributed by atoms with E-state index in [0.29, 0.717) is 0 Å². The number of rotatable bonds is 2. The second-order valence-electron chi connectivity index (χ2n) is 7.83. The lowest BCUT2D eigenvalue weighted by Crippen LogP contribution is -2.17. The number of halogens is 1. The maximum Gasteiger partial charge on any atom is 0.0216 e. The van der Waals surface area contributed by atoms with E-state index in [-0.39, 0.29) is 5.41 Å². The van der Waals surface area contributed by atoms with E-state index >= 15 is 0 Å². The Labute approximate surface area is 148 Å². The Balaban J connectivity index is 1.86. The Hall–Kier alpha value is -1.08. The first kappa shape index (κ1) is 15.4. The van der Waals surface area contributed by atoms with Crippen molar-refractivity contribution in [2.75, 3.05) is 0 Å². The molecule has 0 aromatic heterocycles. The third-order valence-electron chi connectivity index (χ3n) is 6.05. The predicted molar refractivity (Wildman–Crippen MR) is 103 cm³/mol. The Kier molecular flexibility index (Phi) is 3.68. The van der Waals surface area contributed by atoms with Crippen molar-refractivity contribution in [2.45, 2.75) is 59.3 Å². The summed E-state index contributed by atoms with van der Waals surface area (Å²) < 4.78 is 1.34. The van der Waals surface area contributed by atoms with E-state index in [1.165, 1.54) is 35.7 Å². The van der Waals surface area contributed by atoms with Gasteiger partial charge in [0.25, 0.3) is 0 Å². The number of allylic oxidation sites excluding steroid dienone is 6. The van der Waals surface area contributed by atoms with E-state index in [1.54, 1.807) is 33.4 Å². The van der Waals surface area contributed by atoms with Crippen molar-refractivity contribution in [1.82, 2.24) is 0 Å². The van der Waals surface area contributed by atoms with Crippen LogP contribution in [0.1, 0.15) is 62.3 Å². The molecule has 0 spiro atoms. The predicted octanol–water partition coefficient (Wildman–Crippen LogP) is 6.57. The van der Waals surface area contributed by atoms with E-state index in [9.17, 15) is 0 Å². The minimum atomic E-state index is 0.126. The molecule has 1 aromatic carbocycles. The van der Waals surface area contributed by atoms with Gasteiger partial charge in [0.05, 0.1) is 0 Å². The second-order valence-corrected chi connectivity index (χ2v) is 8.68. The zero-order chi connectivity index (χ0) is 16.2. The minimum absolute atomic E-state index is 0.126. The van der Waals surface area contributed by atoms with Crippen LogP contribution in [0.15, 0.2) is 39.9 Å². The number of benzene rings is 1. The lowest BCUT2D eigenvalue weighted by Gasteiger charge is -2.31. The fourth-order valence-corrected chi connectivity index (χ4v) is 5.58. The van der Waals surface area contributed by atoms with Gasteiger partial charge in [-0.3, -0.25) is 0 Å². The third-order valence-corrected chi connectivity index (χ3v) is 6.76. The van der Waals surface area contributed by atoms with Gasteiger partial charge < -0.3 is 0 Å². The van der Waals surface area contributed by atoms with Gasteiger partial charge in [-0.2, -0.15) is 0 Å². The summed E-state index contributed by atoms with van der Waals surface area (Å²) in [7, 11) is 0. The van der Waals surface area contributed by atoms with Crippen molar-refractivity contribution in [1.29, 1.82) is 0 Å². The van der Waals surface area contributed by atoms with Gasteiger partial charge in [0, 0.05) is 9.89 Å². The van der Waals surface area contributed by atoms with Crippen LogP contribution in [0.25, 0.3) is 5.57 Å². The average Bonchev–Trinajstić information content (AvgIpc) is 3.15. The van der Waals surface area contributed by atoms with Gasteiger partial charge in [0.15, 0.2) is 0 Å². The van der Waals surface area contributed by atoms with E-state index in [2.05, 4.69) is 61.0 Å². The zero-order valence-corrected chi connectivity index (χ0v) is 16.0. The van der Waals surface area contributed by atoms with Crippen molar-refractivity contribution >= 4 is 21.5 Å². The molecule has 1 heteroatoms. The second kappa shape index (κ2) is 5.48. The smallest absolute Gasteiger partial charge is 0.0216 e. The molecule has 0 nitrogen and oxygen atoms in total. The maximum atomic E-state index is 3.88. The van der Waals surface area contributed by atoms with Crippen LogP contribution in [-0.2, 0) is 19.3 Å². The van der Waals surface area contributed by atoms with Crippen molar-refractivity contribution < 1.29 is 0 Å². The summed E-state index contributed by atoms with van der Waals surface area (Å²) in [5.41, 5.74) is 11.2. The van der Waals surface area contributed by atoms with Gasteiger partial charge in [-0.05, 0) is 79.3 Å². The van der Waals surface area contributed by atoms with Gasteiger partial charge in [0.1, 0.15) is 0 Å². The zero-order valence-electron chi connectivity index (χ0n) is 14.4. The van der Waals surface area contributed by atoms with Crippen LogP contribution >= 0.6 is 15.9 Å². The van der Waals surface area contributed by atoms with E-state index in [0.717, 1.165) is 12.8 Å². The quantitative estimate of drug-likeness (QED) is 0.553. The van der Waals surface area contributed by atoms with Gasteiger partial charge >= 0.3 is 0 Å². The highest BCUT2D eigenvalue weighted by molar-refractivity contribution is 9.10. The molecule has 120 valence electrons. The summed E-state index contributed by atoms with van der Waals surface area (Å²) in [6.45, 7) is 7.17. The summed E-state index contributed by atoms with van der Waals surface area (Å²) in [5.74, 6) is 0. The van der Waals surface area contributed by atoms with E-state index < -0.39 is 0 Å².